The summed E-state index contributed by atoms with van der Waals surface area (Å²) in [7, 11) is 0. The molecule has 0 spiro atoms. The van der Waals surface area contributed by atoms with Crippen LogP contribution in [0.3, 0.4) is 0 Å². The molecule has 2 atom stereocenters. The van der Waals surface area contributed by atoms with Crippen molar-refractivity contribution < 1.29 is 9.32 Å². The number of amides is 2. The molecule has 26 heavy (non-hydrogen) atoms. The zero-order valence-electron chi connectivity index (χ0n) is 15.2. The van der Waals surface area contributed by atoms with Gasteiger partial charge in [0.2, 0.25) is 5.89 Å². The van der Waals surface area contributed by atoms with Crippen LogP contribution in [0.25, 0.3) is 0 Å². The molecular weight excluding hydrogens is 348 g/mol. The van der Waals surface area contributed by atoms with Gasteiger partial charge in [-0.2, -0.15) is 4.98 Å². The van der Waals surface area contributed by atoms with Crippen molar-refractivity contribution in [1.82, 2.24) is 20.4 Å². The van der Waals surface area contributed by atoms with Crippen LogP contribution in [-0.2, 0) is 0 Å². The molecule has 2 aromatic heterocycles. The van der Waals surface area contributed by atoms with Crippen molar-refractivity contribution in [2.45, 2.75) is 57.4 Å². The van der Waals surface area contributed by atoms with Gasteiger partial charge in [-0.25, -0.2) is 4.79 Å². The monoisotopic (exact) mass is 374 g/mol. The summed E-state index contributed by atoms with van der Waals surface area (Å²) in [5, 5.41) is 9.33. The molecule has 0 aromatic carbocycles. The average Bonchev–Trinajstić information content (AvgIpc) is 3.41. The fourth-order valence-corrected chi connectivity index (χ4v) is 5.12. The van der Waals surface area contributed by atoms with E-state index in [4.69, 9.17) is 4.52 Å². The van der Waals surface area contributed by atoms with Crippen LogP contribution in [0.5, 0.6) is 0 Å². The topological polar surface area (TPSA) is 71.3 Å². The Morgan fingerprint density at radius 1 is 1.35 bits per heavy atom. The molecule has 6 nitrogen and oxygen atoms in total. The lowest BCUT2D eigenvalue weighted by Gasteiger charge is -2.33. The Labute approximate surface area is 158 Å². The van der Waals surface area contributed by atoms with E-state index in [2.05, 4.69) is 33.0 Å². The third-order valence-electron chi connectivity index (χ3n) is 5.60. The third-order valence-corrected chi connectivity index (χ3v) is 6.56. The van der Waals surface area contributed by atoms with E-state index in [1.54, 1.807) is 11.3 Å². The molecular formula is C19H26N4O2S. The first kappa shape index (κ1) is 17.5. The zero-order chi connectivity index (χ0) is 17.9. The number of carbonyl (C=O) groups excluding carboxylic acids is 1. The number of hydrogen-bond donors (Lipinski definition) is 1. The molecule has 1 aliphatic heterocycles. The number of rotatable bonds is 4. The van der Waals surface area contributed by atoms with Crippen LogP contribution in [0.2, 0.25) is 0 Å². The van der Waals surface area contributed by atoms with Gasteiger partial charge in [-0.05, 0) is 50.0 Å². The van der Waals surface area contributed by atoms with Crippen molar-refractivity contribution in [3.05, 3.63) is 34.1 Å². The van der Waals surface area contributed by atoms with Crippen molar-refractivity contribution in [2.24, 2.45) is 5.92 Å². The number of thiophene rings is 1. The maximum atomic E-state index is 13.0. The van der Waals surface area contributed by atoms with E-state index in [-0.39, 0.29) is 18.0 Å². The Kier molecular flexibility index (Phi) is 5.24. The molecule has 2 aromatic rings. The number of nitrogens with zero attached hydrogens (tertiary/aromatic N) is 3. The number of piperidine rings is 1. The van der Waals surface area contributed by atoms with Crippen LogP contribution < -0.4 is 5.32 Å². The molecule has 1 saturated carbocycles. The maximum absolute atomic E-state index is 13.0. The number of hydrogen-bond acceptors (Lipinski definition) is 5. The third kappa shape index (κ3) is 3.77. The van der Waals surface area contributed by atoms with Crippen LogP contribution in [0.4, 0.5) is 4.79 Å². The molecule has 0 radical (unpaired) electrons. The van der Waals surface area contributed by atoms with Gasteiger partial charge in [0.15, 0.2) is 5.82 Å². The van der Waals surface area contributed by atoms with Gasteiger partial charge in [0.25, 0.3) is 0 Å². The second-order valence-electron chi connectivity index (χ2n) is 7.45. The van der Waals surface area contributed by atoms with Crippen molar-refractivity contribution in [3.8, 4) is 0 Å². The second kappa shape index (κ2) is 7.78. The van der Waals surface area contributed by atoms with Crippen LogP contribution in [0, 0.1) is 12.8 Å². The first-order valence-electron chi connectivity index (χ1n) is 9.60. The average molecular weight is 375 g/mol. The molecule has 140 valence electrons. The van der Waals surface area contributed by atoms with E-state index in [0.717, 1.165) is 19.4 Å². The SMILES string of the molecule is Cc1noc([C@@H]2CCCN(C(=O)N[C@H](c3cccs3)C3CCCC3)C2)n1. The summed E-state index contributed by atoms with van der Waals surface area (Å²) in [5.41, 5.74) is 0. The highest BCUT2D eigenvalue weighted by atomic mass is 32.1. The van der Waals surface area contributed by atoms with Crippen molar-refractivity contribution in [2.75, 3.05) is 13.1 Å². The van der Waals surface area contributed by atoms with Crippen LogP contribution >= 0.6 is 11.3 Å². The van der Waals surface area contributed by atoms with E-state index in [0.29, 0.717) is 24.2 Å². The van der Waals surface area contributed by atoms with E-state index in [9.17, 15) is 4.79 Å². The highest BCUT2D eigenvalue weighted by Crippen LogP contribution is 2.37. The second-order valence-corrected chi connectivity index (χ2v) is 8.43. The van der Waals surface area contributed by atoms with Crippen molar-refractivity contribution in [3.63, 3.8) is 0 Å². The number of carbonyl (C=O) groups is 1. The maximum Gasteiger partial charge on any atom is 0.317 e. The lowest BCUT2D eigenvalue weighted by molar-refractivity contribution is 0.165. The minimum Gasteiger partial charge on any atom is -0.339 e. The molecule has 2 amide bonds. The summed E-state index contributed by atoms with van der Waals surface area (Å²) in [6.07, 6.45) is 6.89. The summed E-state index contributed by atoms with van der Waals surface area (Å²) in [6, 6.07) is 4.39. The Hall–Kier alpha value is -1.89. The Morgan fingerprint density at radius 2 is 2.19 bits per heavy atom. The Morgan fingerprint density at radius 3 is 2.88 bits per heavy atom. The number of urea groups is 1. The van der Waals surface area contributed by atoms with E-state index in [1.165, 1.54) is 30.6 Å². The Balaban J connectivity index is 1.43. The summed E-state index contributed by atoms with van der Waals surface area (Å²) >= 11 is 1.74. The van der Waals surface area contributed by atoms with Crippen LogP contribution in [0.1, 0.15) is 67.1 Å². The molecule has 4 rings (SSSR count). The van der Waals surface area contributed by atoms with Gasteiger partial charge in [0, 0.05) is 18.0 Å². The van der Waals surface area contributed by atoms with Gasteiger partial charge in [0.1, 0.15) is 0 Å². The minimum absolute atomic E-state index is 0.0382. The smallest absolute Gasteiger partial charge is 0.317 e. The normalized spacial score (nSPS) is 22.5. The lowest BCUT2D eigenvalue weighted by Crippen LogP contribution is -2.47. The van der Waals surface area contributed by atoms with Crippen LogP contribution in [-0.4, -0.2) is 34.2 Å². The van der Waals surface area contributed by atoms with E-state index in [1.807, 2.05) is 11.8 Å². The molecule has 2 fully saturated rings. The van der Waals surface area contributed by atoms with Crippen molar-refractivity contribution in [1.29, 1.82) is 0 Å². The number of nitrogens with one attached hydrogen (secondary N) is 1. The number of aryl methyl sites for hydroxylation is 1. The molecule has 2 aliphatic rings. The molecule has 7 heteroatoms. The van der Waals surface area contributed by atoms with Gasteiger partial charge < -0.3 is 14.7 Å². The predicted octanol–water partition coefficient (Wildman–Crippen LogP) is 4.26. The van der Waals surface area contributed by atoms with Crippen molar-refractivity contribution >= 4 is 17.4 Å². The predicted molar refractivity (Wildman–Crippen MR) is 100 cm³/mol. The largest absolute Gasteiger partial charge is 0.339 e. The van der Waals surface area contributed by atoms with Gasteiger partial charge in [-0.15, -0.1) is 11.3 Å². The zero-order valence-corrected chi connectivity index (χ0v) is 16.0. The van der Waals surface area contributed by atoms with Gasteiger partial charge >= 0.3 is 6.03 Å². The van der Waals surface area contributed by atoms with E-state index >= 15 is 0 Å². The minimum atomic E-state index is 0.0382. The molecule has 0 bridgehead atoms. The Bertz CT molecular complexity index is 724. The highest BCUT2D eigenvalue weighted by Gasteiger charge is 2.32. The first-order chi connectivity index (χ1) is 12.7. The lowest BCUT2D eigenvalue weighted by atomic mass is 9.96. The van der Waals surface area contributed by atoms with E-state index < -0.39 is 0 Å². The highest BCUT2D eigenvalue weighted by molar-refractivity contribution is 7.10. The summed E-state index contributed by atoms with van der Waals surface area (Å²) < 4.78 is 5.34. The van der Waals surface area contributed by atoms with Crippen LogP contribution in [0.15, 0.2) is 22.0 Å². The first-order valence-corrected chi connectivity index (χ1v) is 10.5. The molecule has 1 saturated heterocycles. The van der Waals surface area contributed by atoms with Gasteiger partial charge in [-0.3, -0.25) is 0 Å². The van der Waals surface area contributed by atoms with Gasteiger partial charge in [-0.1, -0.05) is 24.1 Å². The number of aromatic nitrogens is 2. The fourth-order valence-electron chi connectivity index (χ4n) is 4.25. The summed E-state index contributed by atoms with van der Waals surface area (Å²) in [5.74, 6) is 2.00. The molecule has 3 heterocycles. The standard InChI is InChI=1S/C19H26N4O2S/c1-13-20-18(25-22-13)15-8-4-10-23(12-15)19(24)21-17(14-6-2-3-7-14)16-9-5-11-26-16/h5,9,11,14-15,17H,2-4,6-8,10,12H2,1H3,(H,21,24)/t15-,17+/m1/s1. The number of likely N-dealkylation sites (tertiary alicyclic amines) is 1. The summed E-state index contributed by atoms with van der Waals surface area (Å²) in [4.78, 5) is 20.5. The molecule has 1 N–H and O–H groups in total. The fraction of sp³-hybridized carbons (Fsp3) is 0.632. The van der Waals surface area contributed by atoms with Gasteiger partial charge in [0.05, 0.1) is 12.0 Å². The quantitative estimate of drug-likeness (QED) is 0.868. The molecule has 0 unspecified atom stereocenters. The summed E-state index contributed by atoms with van der Waals surface area (Å²) in [6.45, 7) is 3.26. The molecule has 1 aliphatic carbocycles.